The van der Waals surface area contributed by atoms with Crippen molar-refractivity contribution in [3.8, 4) is 0 Å². The Bertz CT molecular complexity index is 1010. The molecule has 0 saturated heterocycles. The lowest BCUT2D eigenvalue weighted by atomic mass is 10.1. The Hall–Kier alpha value is -2.65. The smallest absolute Gasteiger partial charge is 0.350 e. The lowest BCUT2D eigenvalue weighted by molar-refractivity contribution is -0.137. The lowest BCUT2D eigenvalue weighted by Gasteiger charge is -2.15. The van der Waals surface area contributed by atoms with Crippen LogP contribution in [0, 0.1) is 0 Å². The van der Waals surface area contributed by atoms with Gasteiger partial charge >= 0.3 is 6.18 Å². The zero-order chi connectivity index (χ0) is 21.7. The highest BCUT2D eigenvalue weighted by Crippen LogP contribution is 2.29. The summed E-state index contributed by atoms with van der Waals surface area (Å²) in [5.41, 5.74) is 0.653. The molecule has 0 aliphatic carbocycles. The van der Waals surface area contributed by atoms with Crippen LogP contribution >= 0.6 is 23.1 Å². The van der Waals surface area contributed by atoms with Crippen LogP contribution in [0.3, 0.4) is 0 Å². The molecular formula is C20H18ClF3N4OS. The molecule has 158 valence electrons. The van der Waals surface area contributed by atoms with E-state index in [2.05, 4.69) is 14.7 Å². The third-order valence-electron chi connectivity index (χ3n) is 4.18. The first kappa shape index (κ1) is 22.0. The minimum Gasteiger partial charge on any atom is -0.350 e. The number of rotatable bonds is 7. The second-order valence-corrected chi connectivity index (χ2v) is 7.79. The predicted octanol–water partition coefficient (Wildman–Crippen LogP) is 4.55. The molecule has 1 N–H and O–H groups in total. The first-order valence-corrected chi connectivity index (χ1v) is 10.1. The molecule has 0 aliphatic rings. The van der Waals surface area contributed by atoms with E-state index in [4.69, 9.17) is 11.6 Å². The van der Waals surface area contributed by atoms with E-state index in [1.807, 2.05) is 12.1 Å². The topological polar surface area (TPSA) is 58.1 Å². The van der Waals surface area contributed by atoms with Crippen LogP contribution in [-0.4, -0.2) is 28.9 Å². The van der Waals surface area contributed by atoms with Gasteiger partial charge in [-0.25, -0.2) is 4.98 Å². The molecular weight excluding hydrogens is 437 g/mol. The number of carbonyl (C=O) groups is 1. The van der Waals surface area contributed by atoms with Gasteiger partial charge in [0.05, 0.1) is 12.1 Å². The Balaban J connectivity index is 1.52. The molecule has 0 aliphatic heterocycles. The van der Waals surface area contributed by atoms with Gasteiger partial charge in [-0.15, -0.1) is 0 Å². The minimum atomic E-state index is -4.41. The Morgan fingerprint density at radius 3 is 2.60 bits per heavy atom. The number of anilines is 1. The largest absolute Gasteiger partial charge is 0.416 e. The van der Waals surface area contributed by atoms with E-state index in [1.54, 1.807) is 24.1 Å². The number of likely N-dealkylation sites (N-methyl/N-ethyl adjacent to an activating group) is 1. The van der Waals surface area contributed by atoms with Crippen LogP contribution < -0.4 is 10.2 Å². The first-order chi connectivity index (χ1) is 14.2. The molecule has 30 heavy (non-hydrogen) atoms. The molecule has 3 aromatic rings. The van der Waals surface area contributed by atoms with E-state index < -0.39 is 11.7 Å². The summed E-state index contributed by atoms with van der Waals surface area (Å²) in [5, 5.41) is 3.86. The highest BCUT2D eigenvalue weighted by molar-refractivity contribution is 7.09. The molecule has 5 nitrogen and oxygen atoms in total. The van der Waals surface area contributed by atoms with Gasteiger partial charge in [0.15, 0.2) is 0 Å². The van der Waals surface area contributed by atoms with Gasteiger partial charge in [-0.05, 0) is 35.4 Å². The summed E-state index contributed by atoms with van der Waals surface area (Å²) < 4.78 is 42.6. The number of nitrogens with one attached hydrogen (secondary N) is 1. The fourth-order valence-electron chi connectivity index (χ4n) is 2.65. The number of alkyl halides is 3. The average molecular weight is 455 g/mol. The van der Waals surface area contributed by atoms with Crippen molar-refractivity contribution < 1.29 is 18.0 Å². The number of halogens is 4. The molecule has 0 radical (unpaired) electrons. The maximum absolute atomic E-state index is 12.8. The van der Waals surface area contributed by atoms with Crippen molar-refractivity contribution in [2.45, 2.75) is 19.1 Å². The van der Waals surface area contributed by atoms with Crippen molar-refractivity contribution in [3.63, 3.8) is 0 Å². The SMILES string of the molecule is CN(CC(=O)NCc1cccc(C(F)(F)F)c1)c1nc(Cc2ccc(Cl)cc2)ns1. The third-order valence-corrected chi connectivity index (χ3v) is 5.30. The van der Waals surface area contributed by atoms with E-state index in [0.29, 0.717) is 28.0 Å². The van der Waals surface area contributed by atoms with E-state index >= 15 is 0 Å². The molecule has 1 heterocycles. The van der Waals surface area contributed by atoms with Crippen LogP contribution in [0.15, 0.2) is 48.5 Å². The molecule has 0 atom stereocenters. The lowest BCUT2D eigenvalue weighted by Crippen LogP contribution is -2.34. The summed E-state index contributed by atoms with van der Waals surface area (Å²) in [6, 6.07) is 12.3. The van der Waals surface area contributed by atoms with Crippen molar-refractivity contribution in [2.24, 2.45) is 0 Å². The zero-order valence-electron chi connectivity index (χ0n) is 15.9. The van der Waals surface area contributed by atoms with Gasteiger partial charge < -0.3 is 10.2 Å². The Kier molecular flexibility index (Phi) is 6.94. The molecule has 0 saturated carbocycles. The molecule has 2 aromatic carbocycles. The van der Waals surface area contributed by atoms with E-state index in [1.165, 1.54) is 23.7 Å². The number of hydrogen-bond acceptors (Lipinski definition) is 5. The Morgan fingerprint density at radius 2 is 1.90 bits per heavy atom. The van der Waals surface area contributed by atoms with E-state index in [-0.39, 0.29) is 19.0 Å². The molecule has 1 amide bonds. The van der Waals surface area contributed by atoms with Gasteiger partial charge in [-0.1, -0.05) is 35.9 Å². The summed E-state index contributed by atoms with van der Waals surface area (Å²) in [4.78, 5) is 18.3. The van der Waals surface area contributed by atoms with Crippen molar-refractivity contribution >= 4 is 34.2 Å². The molecule has 0 unspecified atom stereocenters. The van der Waals surface area contributed by atoms with Crippen LogP contribution in [-0.2, 0) is 23.9 Å². The van der Waals surface area contributed by atoms with Crippen molar-refractivity contribution in [3.05, 3.63) is 76.1 Å². The summed E-state index contributed by atoms with van der Waals surface area (Å²) in [7, 11) is 1.70. The maximum Gasteiger partial charge on any atom is 0.416 e. The molecule has 0 bridgehead atoms. The third kappa shape index (κ3) is 6.17. The van der Waals surface area contributed by atoms with Crippen molar-refractivity contribution in [1.82, 2.24) is 14.7 Å². The summed E-state index contributed by atoms with van der Waals surface area (Å²) in [6.07, 6.45) is -3.87. The van der Waals surface area contributed by atoms with Crippen LogP contribution in [0.4, 0.5) is 18.3 Å². The predicted molar refractivity (Wildman–Crippen MR) is 111 cm³/mol. The monoisotopic (exact) mass is 454 g/mol. The summed E-state index contributed by atoms with van der Waals surface area (Å²) in [5.74, 6) is 0.304. The molecule has 1 aromatic heterocycles. The number of carbonyl (C=O) groups excluding carboxylic acids is 1. The minimum absolute atomic E-state index is 0.00846. The second kappa shape index (κ2) is 9.44. The average Bonchev–Trinajstić information content (AvgIpc) is 3.16. The van der Waals surface area contributed by atoms with Gasteiger partial charge in [0, 0.05) is 36.6 Å². The van der Waals surface area contributed by atoms with E-state index in [9.17, 15) is 18.0 Å². The maximum atomic E-state index is 12.8. The summed E-state index contributed by atoms with van der Waals surface area (Å²) in [6.45, 7) is 0.0169. The van der Waals surface area contributed by atoms with Gasteiger partial charge in [0.1, 0.15) is 5.82 Å². The van der Waals surface area contributed by atoms with Crippen molar-refractivity contribution in [1.29, 1.82) is 0 Å². The quantitative estimate of drug-likeness (QED) is 0.569. The van der Waals surface area contributed by atoms with Gasteiger partial charge in [0.2, 0.25) is 11.0 Å². The molecule has 3 rings (SSSR count). The molecule has 10 heteroatoms. The van der Waals surface area contributed by atoms with Crippen LogP contribution in [0.5, 0.6) is 0 Å². The highest BCUT2D eigenvalue weighted by atomic mass is 35.5. The first-order valence-electron chi connectivity index (χ1n) is 8.92. The van der Waals surface area contributed by atoms with Gasteiger partial charge in [0.25, 0.3) is 0 Å². The number of amides is 1. The Labute approximate surface area is 180 Å². The van der Waals surface area contributed by atoms with Crippen molar-refractivity contribution in [2.75, 3.05) is 18.5 Å². The number of aromatic nitrogens is 2. The normalized spacial score (nSPS) is 11.4. The molecule has 0 fully saturated rings. The number of nitrogens with zero attached hydrogens (tertiary/aromatic N) is 3. The standard InChI is InChI=1S/C20H18ClF3N4OS/c1-28(19-26-17(27-30-19)10-13-5-7-16(21)8-6-13)12-18(29)25-11-14-3-2-4-15(9-14)20(22,23)24/h2-9H,10-12H2,1H3,(H,25,29). The van der Waals surface area contributed by atoms with Crippen LogP contribution in [0.25, 0.3) is 0 Å². The second-order valence-electron chi connectivity index (χ2n) is 6.63. The Morgan fingerprint density at radius 1 is 1.17 bits per heavy atom. The molecule has 0 spiro atoms. The number of hydrogen-bond donors (Lipinski definition) is 1. The summed E-state index contributed by atoms with van der Waals surface area (Å²) >= 11 is 7.05. The van der Waals surface area contributed by atoms with Gasteiger partial charge in [-0.3, -0.25) is 4.79 Å². The zero-order valence-corrected chi connectivity index (χ0v) is 17.5. The fraction of sp³-hybridized carbons (Fsp3) is 0.250. The highest BCUT2D eigenvalue weighted by Gasteiger charge is 2.30. The van der Waals surface area contributed by atoms with Crippen LogP contribution in [0.1, 0.15) is 22.5 Å². The fourth-order valence-corrected chi connectivity index (χ4v) is 3.42. The van der Waals surface area contributed by atoms with E-state index in [0.717, 1.165) is 17.7 Å². The van der Waals surface area contributed by atoms with Gasteiger partial charge in [-0.2, -0.15) is 17.5 Å². The van der Waals surface area contributed by atoms with Crippen LogP contribution in [0.2, 0.25) is 5.02 Å². The number of benzene rings is 2.